The van der Waals surface area contributed by atoms with Gasteiger partial charge in [-0.25, -0.2) is 4.79 Å². The van der Waals surface area contributed by atoms with Crippen LogP contribution in [0.5, 0.6) is 0 Å². The average molecular weight is 269 g/mol. The van der Waals surface area contributed by atoms with Crippen molar-refractivity contribution in [1.82, 2.24) is 10.6 Å². The first-order valence-electron chi connectivity index (χ1n) is 6.23. The minimum Gasteiger partial charge on any atom is -0.481 e. The van der Waals surface area contributed by atoms with Crippen LogP contribution in [-0.4, -0.2) is 35.6 Å². The SMILES string of the molecule is NC(=O)CCCCNC(=O)NC1C=CC(C(=O)O)C1. The molecule has 0 saturated carbocycles. The third kappa shape index (κ3) is 5.89. The smallest absolute Gasteiger partial charge is 0.315 e. The van der Waals surface area contributed by atoms with Gasteiger partial charge in [-0.3, -0.25) is 9.59 Å². The highest BCUT2D eigenvalue weighted by Gasteiger charge is 2.25. The lowest BCUT2D eigenvalue weighted by atomic mass is 10.1. The fourth-order valence-electron chi connectivity index (χ4n) is 1.83. The van der Waals surface area contributed by atoms with Crippen LogP contribution in [0.4, 0.5) is 4.79 Å². The zero-order chi connectivity index (χ0) is 14.3. The van der Waals surface area contributed by atoms with E-state index in [2.05, 4.69) is 10.6 Å². The molecule has 0 aliphatic heterocycles. The highest BCUT2D eigenvalue weighted by atomic mass is 16.4. The Hall–Kier alpha value is -2.05. The van der Waals surface area contributed by atoms with E-state index in [0.29, 0.717) is 32.2 Å². The first-order chi connectivity index (χ1) is 8.99. The molecule has 1 rings (SSSR count). The summed E-state index contributed by atoms with van der Waals surface area (Å²) in [4.78, 5) is 32.7. The quantitative estimate of drug-likeness (QED) is 0.383. The minimum absolute atomic E-state index is 0.244. The number of carboxylic acids is 1. The molecule has 1 aliphatic carbocycles. The Morgan fingerprint density at radius 1 is 1.26 bits per heavy atom. The molecule has 5 N–H and O–H groups in total. The van der Waals surface area contributed by atoms with Gasteiger partial charge < -0.3 is 21.5 Å². The second-order valence-electron chi connectivity index (χ2n) is 4.50. The number of hydrogen-bond acceptors (Lipinski definition) is 3. The van der Waals surface area contributed by atoms with E-state index in [4.69, 9.17) is 10.8 Å². The fourth-order valence-corrected chi connectivity index (χ4v) is 1.83. The Kier molecular flexibility index (Phi) is 5.84. The molecule has 0 saturated heterocycles. The number of nitrogens with one attached hydrogen (secondary N) is 2. The van der Waals surface area contributed by atoms with Crippen LogP contribution in [-0.2, 0) is 9.59 Å². The van der Waals surface area contributed by atoms with Crippen molar-refractivity contribution in [2.24, 2.45) is 11.7 Å². The molecule has 7 heteroatoms. The van der Waals surface area contributed by atoms with Crippen molar-refractivity contribution < 1.29 is 19.5 Å². The van der Waals surface area contributed by atoms with E-state index in [1.165, 1.54) is 0 Å². The Morgan fingerprint density at radius 3 is 2.58 bits per heavy atom. The van der Waals surface area contributed by atoms with Crippen LogP contribution in [0.1, 0.15) is 25.7 Å². The number of carbonyl (C=O) groups is 3. The molecule has 0 aromatic rings. The molecule has 0 radical (unpaired) electrons. The lowest BCUT2D eigenvalue weighted by molar-refractivity contribution is -0.140. The van der Waals surface area contributed by atoms with E-state index >= 15 is 0 Å². The van der Waals surface area contributed by atoms with E-state index < -0.39 is 11.9 Å². The van der Waals surface area contributed by atoms with Gasteiger partial charge in [-0.2, -0.15) is 0 Å². The lowest BCUT2D eigenvalue weighted by Gasteiger charge is -2.13. The van der Waals surface area contributed by atoms with Crippen molar-refractivity contribution >= 4 is 17.9 Å². The van der Waals surface area contributed by atoms with Crippen molar-refractivity contribution in [2.75, 3.05) is 6.54 Å². The van der Waals surface area contributed by atoms with Gasteiger partial charge >= 0.3 is 12.0 Å². The van der Waals surface area contributed by atoms with Gasteiger partial charge in [0, 0.05) is 13.0 Å². The van der Waals surface area contributed by atoms with E-state index in [9.17, 15) is 14.4 Å². The zero-order valence-electron chi connectivity index (χ0n) is 10.6. The summed E-state index contributed by atoms with van der Waals surface area (Å²) in [5, 5.41) is 14.1. The largest absolute Gasteiger partial charge is 0.481 e. The van der Waals surface area contributed by atoms with Gasteiger partial charge in [-0.15, -0.1) is 0 Å². The summed E-state index contributed by atoms with van der Waals surface area (Å²) in [5.74, 6) is -1.76. The highest BCUT2D eigenvalue weighted by Crippen LogP contribution is 2.17. The molecule has 2 atom stereocenters. The molecule has 0 aromatic heterocycles. The summed E-state index contributed by atoms with van der Waals surface area (Å²) in [6, 6.07) is -0.577. The maximum atomic E-state index is 11.5. The molecule has 0 aromatic carbocycles. The second-order valence-corrected chi connectivity index (χ2v) is 4.50. The Bertz CT molecular complexity index is 381. The van der Waals surface area contributed by atoms with Gasteiger partial charge in [0.15, 0.2) is 0 Å². The molecule has 1 aliphatic rings. The number of nitrogens with two attached hydrogens (primary N) is 1. The number of urea groups is 1. The number of carbonyl (C=O) groups excluding carboxylic acids is 2. The van der Waals surface area contributed by atoms with Crippen LogP contribution in [0, 0.1) is 5.92 Å². The Labute approximate surface area is 111 Å². The van der Waals surface area contributed by atoms with Gasteiger partial charge in [-0.1, -0.05) is 12.2 Å². The maximum Gasteiger partial charge on any atom is 0.315 e. The van der Waals surface area contributed by atoms with Crippen molar-refractivity contribution in [3.05, 3.63) is 12.2 Å². The number of unbranched alkanes of at least 4 members (excludes halogenated alkanes) is 1. The maximum absolute atomic E-state index is 11.5. The molecule has 0 heterocycles. The Morgan fingerprint density at radius 2 is 2.00 bits per heavy atom. The topological polar surface area (TPSA) is 122 Å². The van der Waals surface area contributed by atoms with Crippen LogP contribution < -0.4 is 16.4 Å². The van der Waals surface area contributed by atoms with Crippen molar-refractivity contribution in [1.29, 1.82) is 0 Å². The standard InChI is InChI=1S/C12H19N3O4/c13-10(16)3-1-2-6-14-12(19)15-9-5-4-8(7-9)11(17)18/h4-5,8-9H,1-3,6-7H2,(H2,13,16)(H,17,18)(H2,14,15,19). The van der Waals surface area contributed by atoms with Crippen molar-refractivity contribution in [3.8, 4) is 0 Å². The zero-order valence-corrected chi connectivity index (χ0v) is 10.6. The number of aliphatic carboxylic acids is 1. The van der Waals surface area contributed by atoms with E-state index in [-0.39, 0.29) is 18.0 Å². The van der Waals surface area contributed by atoms with Crippen LogP contribution in [0.15, 0.2) is 12.2 Å². The number of carboxylic acid groups (broad SMARTS) is 1. The summed E-state index contributed by atoms with van der Waals surface area (Å²) in [5.41, 5.74) is 4.99. The molecule has 106 valence electrons. The average Bonchev–Trinajstić information content (AvgIpc) is 2.76. The van der Waals surface area contributed by atoms with Crippen LogP contribution in [0.3, 0.4) is 0 Å². The van der Waals surface area contributed by atoms with Crippen LogP contribution in [0.2, 0.25) is 0 Å². The molecule has 19 heavy (non-hydrogen) atoms. The summed E-state index contributed by atoms with van der Waals surface area (Å²) in [6.07, 6.45) is 5.28. The third-order valence-corrected chi connectivity index (χ3v) is 2.85. The van der Waals surface area contributed by atoms with Crippen molar-refractivity contribution in [3.63, 3.8) is 0 Å². The molecule has 3 amide bonds. The summed E-state index contributed by atoms with van der Waals surface area (Å²) >= 11 is 0. The minimum atomic E-state index is -0.882. The van der Waals surface area contributed by atoms with Gasteiger partial charge in [0.05, 0.1) is 12.0 Å². The van der Waals surface area contributed by atoms with Gasteiger partial charge in [0.2, 0.25) is 5.91 Å². The van der Waals surface area contributed by atoms with Gasteiger partial charge in [0.1, 0.15) is 0 Å². The van der Waals surface area contributed by atoms with Crippen LogP contribution >= 0.6 is 0 Å². The summed E-state index contributed by atoms with van der Waals surface area (Å²) in [7, 11) is 0. The summed E-state index contributed by atoms with van der Waals surface area (Å²) < 4.78 is 0. The number of primary amides is 1. The number of hydrogen-bond donors (Lipinski definition) is 4. The Balaban J connectivity index is 2.10. The van der Waals surface area contributed by atoms with E-state index in [1.807, 2.05) is 0 Å². The molecule has 0 fully saturated rings. The van der Waals surface area contributed by atoms with E-state index in [1.54, 1.807) is 12.2 Å². The molecule has 2 unspecified atom stereocenters. The normalized spacial score (nSPS) is 21.1. The van der Waals surface area contributed by atoms with Gasteiger partial charge in [0.25, 0.3) is 0 Å². The monoisotopic (exact) mass is 269 g/mol. The highest BCUT2D eigenvalue weighted by molar-refractivity contribution is 5.76. The second kappa shape index (κ2) is 7.40. The van der Waals surface area contributed by atoms with E-state index in [0.717, 1.165) is 0 Å². The van der Waals surface area contributed by atoms with Crippen LogP contribution in [0.25, 0.3) is 0 Å². The predicted octanol–water partition coefficient (Wildman–Crippen LogP) is -0.0295. The molecular formula is C12H19N3O4. The molecular weight excluding hydrogens is 250 g/mol. The van der Waals surface area contributed by atoms with Gasteiger partial charge in [-0.05, 0) is 19.3 Å². The number of rotatable bonds is 7. The summed E-state index contributed by atoms with van der Waals surface area (Å²) in [6.45, 7) is 0.456. The molecule has 7 nitrogen and oxygen atoms in total. The molecule has 0 bridgehead atoms. The lowest BCUT2D eigenvalue weighted by Crippen LogP contribution is -2.41. The third-order valence-electron chi connectivity index (χ3n) is 2.85. The first-order valence-corrected chi connectivity index (χ1v) is 6.23. The van der Waals surface area contributed by atoms with Crippen molar-refractivity contribution in [2.45, 2.75) is 31.7 Å². The fraction of sp³-hybridized carbons (Fsp3) is 0.583. The predicted molar refractivity (Wildman–Crippen MR) is 68.3 cm³/mol. The number of amides is 3. The molecule has 0 spiro atoms. The first kappa shape index (κ1) is 15.0.